The zero-order valence-electron chi connectivity index (χ0n) is 29.1. The Kier molecular flexibility index (Phi) is 8.06. The monoisotopic (exact) mass is 612 g/mol. The first-order valence-electron chi connectivity index (χ1n) is 17.5. The fourth-order valence-electron chi connectivity index (χ4n) is 12.0. The third kappa shape index (κ3) is 4.89. The predicted molar refractivity (Wildman–Crippen MR) is 172 cm³/mol. The van der Waals surface area contributed by atoms with E-state index in [1.54, 1.807) is 0 Å². The highest BCUT2D eigenvalue weighted by Crippen LogP contribution is 2.75. The molecule has 0 saturated heterocycles. The van der Waals surface area contributed by atoms with Crippen LogP contribution in [0.1, 0.15) is 146 Å². The maximum absolute atomic E-state index is 13.2. The quantitative estimate of drug-likeness (QED) is 0.220. The van der Waals surface area contributed by atoms with Crippen molar-refractivity contribution in [2.24, 2.45) is 55.7 Å². The molecule has 248 valence electrons. The number of carboxylic acid groups (broad SMARTS) is 2. The Bertz CT molecular complexity index is 1230. The second-order valence-electron chi connectivity index (χ2n) is 18.4. The van der Waals surface area contributed by atoms with Gasteiger partial charge in [0, 0.05) is 5.41 Å². The summed E-state index contributed by atoms with van der Waals surface area (Å²) in [6, 6.07) is 0. The molecule has 4 fully saturated rings. The summed E-state index contributed by atoms with van der Waals surface area (Å²) in [5.74, 6) is -0.710. The Morgan fingerprint density at radius 2 is 1.55 bits per heavy atom. The van der Waals surface area contributed by atoms with Gasteiger partial charge in [0.1, 0.15) is 6.10 Å². The van der Waals surface area contributed by atoms with Gasteiger partial charge < -0.3 is 14.9 Å². The summed E-state index contributed by atoms with van der Waals surface area (Å²) in [6.45, 7) is 20.6. The van der Waals surface area contributed by atoms with Crippen molar-refractivity contribution < 1.29 is 29.3 Å². The molecule has 0 bridgehead atoms. The second kappa shape index (κ2) is 10.6. The predicted octanol–water partition coefficient (Wildman–Crippen LogP) is 9.07. The minimum atomic E-state index is -0.877. The van der Waals surface area contributed by atoms with Crippen LogP contribution in [0, 0.1) is 55.7 Å². The third-order valence-corrected chi connectivity index (χ3v) is 15.3. The van der Waals surface area contributed by atoms with Crippen LogP contribution in [0.15, 0.2) is 11.6 Å². The van der Waals surface area contributed by atoms with Crippen molar-refractivity contribution in [3.8, 4) is 0 Å². The smallest absolute Gasteiger partial charge is 0.310 e. The summed E-state index contributed by atoms with van der Waals surface area (Å²) in [6.07, 6.45) is 12.6. The number of ether oxygens (including phenoxy) is 1. The number of fused-ring (bicyclic) bond motifs is 7. The summed E-state index contributed by atoms with van der Waals surface area (Å²) in [7, 11) is 0. The van der Waals surface area contributed by atoms with E-state index in [1.807, 2.05) is 13.8 Å². The Labute approximate surface area is 266 Å². The molecule has 5 aliphatic carbocycles. The Hall–Kier alpha value is -1.85. The molecule has 6 nitrogen and oxygen atoms in total. The zero-order chi connectivity index (χ0) is 32.7. The number of hydrogen-bond donors (Lipinski definition) is 2. The van der Waals surface area contributed by atoms with E-state index in [4.69, 9.17) is 4.74 Å². The highest BCUT2D eigenvalue weighted by Gasteiger charge is 2.69. The molecule has 5 rings (SSSR count). The molecule has 0 aromatic rings. The van der Waals surface area contributed by atoms with Crippen LogP contribution in [0.2, 0.25) is 0 Å². The number of aliphatic carboxylic acids is 2. The Balaban J connectivity index is 1.42. The lowest BCUT2D eigenvalue weighted by Gasteiger charge is -2.71. The van der Waals surface area contributed by atoms with E-state index in [9.17, 15) is 24.6 Å². The van der Waals surface area contributed by atoms with Crippen LogP contribution in [-0.4, -0.2) is 34.2 Å². The van der Waals surface area contributed by atoms with Crippen molar-refractivity contribution in [3.05, 3.63) is 11.6 Å². The van der Waals surface area contributed by atoms with Gasteiger partial charge in [-0.25, -0.2) is 0 Å². The summed E-state index contributed by atoms with van der Waals surface area (Å²) in [4.78, 5) is 37.6. The minimum absolute atomic E-state index is 0.0108. The van der Waals surface area contributed by atoms with Crippen molar-refractivity contribution in [2.75, 3.05) is 0 Å². The van der Waals surface area contributed by atoms with Gasteiger partial charge in [0.25, 0.3) is 0 Å². The molecule has 0 unspecified atom stereocenters. The van der Waals surface area contributed by atoms with Gasteiger partial charge in [-0.2, -0.15) is 0 Å². The van der Waals surface area contributed by atoms with Crippen LogP contribution in [-0.2, 0) is 19.1 Å². The lowest BCUT2D eigenvalue weighted by Crippen LogP contribution is -2.65. The van der Waals surface area contributed by atoms with Gasteiger partial charge >= 0.3 is 17.9 Å². The first kappa shape index (κ1) is 33.5. The van der Waals surface area contributed by atoms with Crippen LogP contribution in [0.5, 0.6) is 0 Å². The van der Waals surface area contributed by atoms with Crippen LogP contribution in [0.4, 0.5) is 0 Å². The molecular weight excluding hydrogens is 552 g/mol. The lowest BCUT2D eigenvalue weighted by molar-refractivity contribution is -0.214. The van der Waals surface area contributed by atoms with E-state index >= 15 is 0 Å². The van der Waals surface area contributed by atoms with Crippen LogP contribution in [0.25, 0.3) is 0 Å². The molecule has 0 aromatic heterocycles. The molecule has 0 aliphatic heterocycles. The molecule has 44 heavy (non-hydrogen) atoms. The van der Waals surface area contributed by atoms with Crippen molar-refractivity contribution in [1.82, 2.24) is 0 Å². The van der Waals surface area contributed by atoms with Crippen LogP contribution < -0.4 is 0 Å². The number of esters is 1. The average Bonchev–Trinajstić information content (AvgIpc) is 2.89. The van der Waals surface area contributed by atoms with E-state index in [1.165, 1.54) is 5.57 Å². The number of carbonyl (C=O) groups excluding carboxylic acids is 1. The molecule has 0 amide bonds. The molecular formula is C38H60O6. The number of carbonyl (C=O) groups is 3. The van der Waals surface area contributed by atoms with Crippen LogP contribution in [0.3, 0.4) is 0 Å². The number of carboxylic acids is 2. The molecule has 6 heteroatoms. The second-order valence-corrected chi connectivity index (χ2v) is 18.4. The van der Waals surface area contributed by atoms with E-state index in [2.05, 4.69) is 54.5 Å². The van der Waals surface area contributed by atoms with Crippen molar-refractivity contribution >= 4 is 17.9 Å². The van der Waals surface area contributed by atoms with E-state index in [-0.39, 0.29) is 57.9 Å². The normalized spacial score (nSPS) is 43.5. The van der Waals surface area contributed by atoms with Crippen molar-refractivity contribution in [3.63, 3.8) is 0 Å². The van der Waals surface area contributed by atoms with Gasteiger partial charge in [0.15, 0.2) is 0 Å². The molecule has 0 radical (unpaired) electrons. The maximum Gasteiger partial charge on any atom is 0.310 e. The number of hydrogen-bond acceptors (Lipinski definition) is 4. The molecule has 4 saturated carbocycles. The zero-order valence-corrected chi connectivity index (χ0v) is 29.1. The first-order valence-corrected chi connectivity index (χ1v) is 17.5. The van der Waals surface area contributed by atoms with Gasteiger partial charge in [-0.15, -0.1) is 0 Å². The summed E-state index contributed by atoms with van der Waals surface area (Å²) < 4.78 is 6.26. The Morgan fingerprint density at radius 1 is 0.886 bits per heavy atom. The molecule has 5 aliphatic rings. The summed E-state index contributed by atoms with van der Waals surface area (Å²) in [5.41, 5.74) is 0.385. The topological polar surface area (TPSA) is 101 Å². The van der Waals surface area contributed by atoms with E-state index < -0.39 is 22.8 Å². The average molecular weight is 613 g/mol. The molecule has 0 aromatic carbocycles. The lowest BCUT2D eigenvalue weighted by atomic mass is 9.33. The SMILES string of the molecule is CC[C@@](C)(CC(=O)O)CC(=O)O[C@H]1CC[C@]2(C)[C@H]3CC=C4[C@@H]5CC(C)(C)CC[C@]5(C(=O)O)CC[C@@]4(C)[C@]3(C)CC[C@H]2C1(C)C. The fourth-order valence-corrected chi connectivity index (χ4v) is 12.0. The Morgan fingerprint density at radius 3 is 2.16 bits per heavy atom. The highest BCUT2D eigenvalue weighted by molar-refractivity contribution is 5.76. The van der Waals surface area contributed by atoms with Crippen molar-refractivity contribution in [1.29, 1.82) is 0 Å². The maximum atomic E-state index is 13.2. The van der Waals surface area contributed by atoms with Gasteiger partial charge in [-0.3, -0.25) is 14.4 Å². The third-order valence-electron chi connectivity index (χ3n) is 15.3. The molecule has 0 heterocycles. The molecule has 0 spiro atoms. The summed E-state index contributed by atoms with van der Waals surface area (Å²) >= 11 is 0. The largest absolute Gasteiger partial charge is 0.481 e. The van der Waals surface area contributed by atoms with Gasteiger partial charge in [0.05, 0.1) is 18.3 Å². The number of rotatable bonds is 7. The van der Waals surface area contributed by atoms with E-state index in [0.717, 1.165) is 64.2 Å². The van der Waals surface area contributed by atoms with Crippen LogP contribution >= 0.6 is 0 Å². The summed E-state index contributed by atoms with van der Waals surface area (Å²) in [5, 5.41) is 20.0. The van der Waals surface area contributed by atoms with Gasteiger partial charge in [-0.05, 0) is 115 Å². The minimum Gasteiger partial charge on any atom is -0.481 e. The van der Waals surface area contributed by atoms with Gasteiger partial charge in [0.2, 0.25) is 0 Å². The standard InChI is InChI=1S/C38H60O6/c1-10-34(6,22-29(39)40)23-30(41)44-28-14-15-35(7)26(33(28,4)5)13-16-37(9)27(35)12-11-24-25-21-32(2,3)17-19-38(25,31(42)43)20-18-36(24,37)8/h11,25-28H,10,12-23H2,1-9H3,(H,39,40)(H,42,43)/t25-,26-,27+,28-,34-,35-,36+,37+,38-/m0/s1. The van der Waals surface area contributed by atoms with Crippen molar-refractivity contribution in [2.45, 2.75) is 152 Å². The highest BCUT2D eigenvalue weighted by atomic mass is 16.5. The molecule has 2 N–H and O–H groups in total. The fraction of sp³-hybridized carbons (Fsp3) is 0.868. The number of allylic oxidation sites excluding steroid dienone is 2. The van der Waals surface area contributed by atoms with E-state index in [0.29, 0.717) is 18.3 Å². The molecule has 9 atom stereocenters. The van der Waals surface area contributed by atoms with Gasteiger partial charge in [-0.1, -0.05) is 74.0 Å². The first-order chi connectivity index (χ1) is 20.2.